The van der Waals surface area contributed by atoms with Crippen LogP contribution in [0.15, 0.2) is 59.9 Å². The average molecular weight is 512 g/mol. The number of benzene rings is 2. The molecule has 36 heavy (non-hydrogen) atoms. The summed E-state index contributed by atoms with van der Waals surface area (Å²) in [4.78, 5) is 0.207. The van der Waals surface area contributed by atoms with Gasteiger partial charge in [0.1, 0.15) is 10.7 Å². The number of rotatable bonds is 7. The lowest BCUT2D eigenvalue weighted by Gasteiger charge is -2.41. The molecule has 0 saturated carbocycles. The van der Waals surface area contributed by atoms with Crippen LogP contribution in [0, 0.1) is 12.7 Å². The van der Waals surface area contributed by atoms with Crippen LogP contribution in [0.1, 0.15) is 37.3 Å². The topological polar surface area (TPSA) is 93.3 Å². The molecular formula is C26H30FN5O3S. The van der Waals surface area contributed by atoms with E-state index in [0.29, 0.717) is 32.5 Å². The fourth-order valence-electron chi connectivity index (χ4n) is 5.18. The molecule has 4 aromatic rings. The smallest absolute Gasteiger partial charge is 0.246 e. The first-order valence-electron chi connectivity index (χ1n) is 12.2. The molecule has 1 N–H and O–H groups in total. The first kappa shape index (κ1) is 24.6. The Bertz CT molecular complexity index is 1490. The number of aliphatic hydroxyl groups is 1. The lowest BCUT2D eigenvalue weighted by Crippen LogP contribution is -2.47. The molecule has 8 nitrogen and oxygen atoms in total. The van der Waals surface area contributed by atoms with Crippen LogP contribution in [-0.2, 0) is 22.0 Å². The van der Waals surface area contributed by atoms with E-state index in [1.807, 2.05) is 26.0 Å². The quantitative estimate of drug-likeness (QED) is 0.408. The van der Waals surface area contributed by atoms with Crippen LogP contribution in [0.4, 0.5) is 4.39 Å². The molecule has 190 valence electrons. The molecule has 3 heterocycles. The third-order valence-corrected chi connectivity index (χ3v) is 9.09. The summed E-state index contributed by atoms with van der Waals surface area (Å²) in [5.74, 6) is -0.304. The Morgan fingerprint density at radius 3 is 2.47 bits per heavy atom. The summed E-state index contributed by atoms with van der Waals surface area (Å²) in [5, 5.41) is 20.1. The van der Waals surface area contributed by atoms with Gasteiger partial charge in [0.2, 0.25) is 10.0 Å². The molecule has 0 atom stereocenters. The molecule has 10 heteroatoms. The SMILES string of the molecule is CCCn1cc(S(=O)(=O)N2CCC(CO)(c3cc4cnn(-c5ccc(F)cc5)c4cc3C)CC2)cn1. The van der Waals surface area contributed by atoms with Crippen molar-refractivity contribution in [2.45, 2.75) is 50.0 Å². The average Bonchev–Trinajstić information content (AvgIpc) is 3.52. The number of aliphatic hydroxyl groups excluding tert-OH is 1. The van der Waals surface area contributed by atoms with E-state index >= 15 is 0 Å². The van der Waals surface area contributed by atoms with Crippen LogP contribution < -0.4 is 0 Å². The van der Waals surface area contributed by atoms with E-state index in [2.05, 4.69) is 10.2 Å². The number of hydrogen-bond donors (Lipinski definition) is 1. The molecule has 2 aromatic heterocycles. The molecule has 0 radical (unpaired) electrons. The monoisotopic (exact) mass is 511 g/mol. The van der Waals surface area contributed by atoms with Crippen molar-refractivity contribution in [3.8, 4) is 5.69 Å². The lowest BCUT2D eigenvalue weighted by atomic mass is 9.72. The number of piperidine rings is 1. The third kappa shape index (κ3) is 4.23. The van der Waals surface area contributed by atoms with Crippen molar-refractivity contribution in [3.05, 3.63) is 71.9 Å². The van der Waals surface area contributed by atoms with Crippen molar-refractivity contribution in [1.82, 2.24) is 23.9 Å². The maximum absolute atomic E-state index is 13.4. The Balaban J connectivity index is 1.42. The first-order valence-corrected chi connectivity index (χ1v) is 13.6. The van der Waals surface area contributed by atoms with Crippen LogP contribution in [-0.4, -0.2) is 57.1 Å². The molecule has 1 aliphatic heterocycles. The fraction of sp³-hybridized carbons (Fsp3) is 0.385. The van der Waals surface area contributed by atoms with Gasteiger partial charge in [0.15, 0.2) is 0 Å². The van der Waals surface area contributed by atoms with Gasteiger partial charge in [-0.25, -0.2) is 17.5 Å². The number of nitrogens with zero attached hydrogens (tertiary/aromatic N) is 5. The lowest BCUT2D eigenvalue weighted by molar-refractivity contribution is 0.133. The van der Waals surface area contributed by atoms with Gasteiger partial charge in [-0.15, -0.1) is 0 Å². The predicted octanol–water partition coefficient (Wildman–Crippen LogP) is 3.79. The zero-order valence-corrected chi connectivity index (χ0v) is 21.2. The van der Waals surface area contributed by atoms with E-state index in [4.69, 9.17) is 0 Å². The van der Waals surface area contributed by atoms with Gasteiger partial charge < -0.3 is 5.11 Å². The molecule has 1 aliphatic rings. The zero-order valence-electron chi connectivity index (χ0n) is 20.4. The number of aromatic nitrogens is 4. The second-order valence-corrected chi connectivity index (χ2v) is 11.5. The highest BCUT2D eigenvalue weighted by atomic mass is 32.2. The first-order chi connectivity index (χ1) is 17.3. The van der Waals surface area contributed by atoms with Gasteiger partial charge in [0.05, 0.1) is 30.2 Å². The van der Waals surface area contributed by atoms with Crippen LogP contribution in [0.3, 0.4) is 0 Å². The minimum atomic E-state index is -3.65. The van der Waals surface area contributed by atoms with Gasteiger partial charge in [-0.05, 0) is 73.7 Å². The van der Waals surface area contributed by atoms with Gasteiger partial charge in [0, 0.05) is 36.6 Å². The second kappa shape index (κ2) is 9.42. The van der Waals surface area contributed by atoms with Crippen LogP contribution in [0.2, 0.25) is 0 Å². The predicted molar refractivity (Wildman–Crippen MR) is 135 cm³/mol. The molecule has 1 fully saturated rings. The Kier molecular flexibility index (Phi) is 6.44. The number of hydrogen-bond acceptors (Lipinski definition) is 5. The van der Waals surface area contributed by atoms with E-state index in [1.54, 1.807) is 33.9 Å². The molecular weight excluding hydrogens is 481 g/mol. The maximum atomic E-state index is 13.4. The van der Waals surface area contributed by atoms with E-state index in [9.17, 15) is 17.9 Å². The van der Waals surface area contributed by atoms with E-state index in [0.717, 1.165) is 34.1 Å². The van der Waals surface area contributed by atoms with E-state index in [-0.39, 0.29) is 17.3 Å². The Morgan fingerprint density at radius 1 is 1.08 bits per heavy atom. The minimum absolute atomic E-state index is 0.0756. The molecule has 0 unspecified atom stereocenters. The van der Waals surface area contributed by atoms with Crippen LogP contribution in [0.5, 0.6) is 0 Å². The van der Waals surface area contributed by atoms with Gasteiger partial charge in [0.25, 0.3) is 0 Å². The summed E-state index contributed by atoms with van der Waals surface area (Å²) in [6, 6.07) is 10.3. The minimum Gasteiger partial charge on any atom is -0.395 e. The summed E-state index contributed by atoms with van der Waals surface area (Å²) >= 11 is 0. The summed E-state index contributed by atoms with van der Waals surface area (Å²) in [5.41, 5.74) is 3.10. The van der Waals surface area contributed by atoms with Crippen molar-refractivity contribution in [3.63, 3.8) is 0 Å². The molecule has 0 amide bonds. The van der Waals surface area contributed by atoms with Crippen LogP contribution >= 0.6 is 0 Å². The van der Waals surface area contributed by atoms with Gasteiger partial charge in [-0.3, -0.25) is 4.68 Å². The van der Waals surface area contributed by atoms with Gasteiger partial charge in [-0.2, -0.15) is 14.5 Å². The standard InChI is InChI=1S/C26H30FN5O3S/c1-3-10-30-17-23(16-28-30)36(34,35)31-11-8-26(18-33,9-12-31)24-14-20-15-29-32(25(20)13-19(24)2)22-6-4-21(27)5-7-22/h4-7,13-17,33H,3,8-12,18H2,1-2H3. The molecule has 5 rings (SSSR count). The molecule has 1 saturated heterocycles. The van der Waals surface area contributed by atoms with Gasteiger partial charge >= 0.3 is 0 Å². The Hall–Kier alpha value is -3.08. The number of sulfonamides is 1. The van der Waals surface area contributed by atoms with Crippen molar-refractivity contribution in [2.75, 3.05) is 19.7 Å². The van der Waals surface area contributed by atoms with Crippen LogP contribution in [0.25, 0.3) is 16.6 Å². The van der Waals surface area contributed by atoms with E-state index in [1.165, 1.54) is 22.6 Å². The Labute approximate surface area is 210 Å². The number of halogens is 1. The van der Waals surface area contributed by atoms with Crippen molar-refractivity contribution >= 4 is 20.9 Å². The number of fused-ring (bicyclic) bond motifs is 1. The summed E-state index contributed by atoms with van der Waals surface area (Å²) in [6.07, 6.45) is 6.64. The fourth-order valence-corrected chi connectivity index (χ4v) is 6.58. The highest BCUT2D eigenvalue weighted by molar-refractivity contribution is 7.89. The second-order valence-electron chi connectivity index (χ2n) is 9.54. The summed E-state index contributed by atoms with van der Waals surface area (Å²) in [7, 11) is -3.65. The van der Waals surface area contributed by atoms with E-state index < -0.39 is 15.4 Å². The maximum Gasteiger partial charge on any atom is 0.246 e. The molecule has 0 spiro atoms. The summed E-state index contributed by atoms with van der Waals surface area (Å²) in [6.45, 7) is 5.24. The highest BCUT2D eigenvalue weighted by Gasteiger charge is 2.40. The normalized spacial score (nSPS) is 16.6. The number of aryl methyl sites for hydroxylation is 2. The van der Waals surface area contributed by atoms with Gasteiger partial charge in [-0.1, -0.05) is 6.92 Å². The third-order valence-electron chi connectivity index (χ3n) is 7.24. The largest absolute Gasteiger partial charge is 0.395 e. The molecule has 0 aliphatic carbocycles. The summed E-state index contributed by atoms with van der Waals surface area (Å²) < 4.78 is 44.7. The molecule has 0 bridgehead atoms. The molecule has 2 aromatic carbocycles. The van der Waals surface area contributed by atoms with Crippen molar-refractivity contribution < 1.29 is 17.9 Å². The highest BCUT2D eigenvalue weighted by Crippen LogP contribution is 2.40. The zero-order chi connectivity index (χ0) is 25.5. The van der Waals surface area contributed by atoms with Crippen molar-refractivity contribution in [1.29, 1.82) is 0 Å². The Morgan fingerprint density at radius 2 is 1.81 bits per heavy atom. The van der Waals surface area contributed by atoms with Crippen molar-refractivity contribution in [2.24, 2.45) is 0 Å².